The van der Waals surface area contributed by atoms with E-state index in [0.717, 1.165) is 18.4 Å². The van der Waals surface area contributed by atoms with Crippen molar-refractivity contribution in [3.05, 3.63) is 29.8 Å². The minimum absolute atomic E-state index is 0. The first-order valence-corrected chi connectivity index (χ1v) is 10.0. The summed E-state index contributed by atoms with van der Waals surface area (Å²) >= 11 is 0. The molecule has 0 aromatic heterocycles. The normalized spacial score (nSPS) is 11.2. The maximum Gasteiger partial charge on any atom is 1.00 e. The summed E-state index contributed by atoms with van der Waals surface area (Å²) in [4.78, 5) is 0.0610. The van der Waals surface area contributed by atoms with Crippen LogP contribution in [0, 0.1) is 0 Å². The summed E-state index contributed by atoms with van der Waals surface area (Å²) in [6, 6.07) is 6.73. The Morgan fingerprint density at radius 2 is 1.35 bits per heavy atom. The maximum atomic E-state index is 11.3. The molecule has 0 atom stereocenters. The van der Waals surface area contributed by atoms with Crippen molar-refractivity contribution in [1.82, 2.24) is 0 Å². The van der Waals surface area contributed by atoms with Gasteiger partial charge in [0.25, 0.3) is 10.1 Å². The number of benzene rings is 1. The van der Waals surface area contributed by atoms with Gasteiger partial charge in [-0.3, -0.25) is 4.55 Å². The van der Waals surface area contributed by atoms with Gasteiger partial charge < -0.3 is 1.43 Å². The van der Waals surface area contributed by atoms with Crippen LogP contribution >= 0.6 is 0 Å². The quantitative estimate of drug-likeness (QED) is 0.363. The Morgan fingerprint density at radius 1 is 0.870 bits per heavy atom. The molecule has 1 rings (SSSR count). The molecule has 0 aliphatic rings. The molecule has 0 radical (unpaired) electrons. The van der Waals surface area contributed by atoms with Gasteiger partial charge in [0.15, 0.2) is 0 Å². The molecule has 0 heterocycles. The van der Waals surface area contributed by atoms with E-state index in [1.54, 1.807) is 12.1 Å². The average molecular weight is 334 g/mol. The van der Waals surface area contributed by atoms with E-state index in [0.29, 0.717) is 6.42 Å². The van der Waals surface area contributed by atoms with Crippen LogP contribution in [-0.4, -0.2) is 13.0 Å². The third-order valence-electron chi connectivity index (χ3n) is 4.05. The molecule has 0 aliphatic heterocycles. The van der Waals surface area contributed by atoms with Gasteiger partial charge in [0, 0.05) is 0 Å². The number of hydrogen-bond donors (Lipinski definition) is 1. The fourth-order valence-corrected chi connectivity index (χ4v) is 3.52. The van der Waals surface area contributed by atoms with Gasteiger partial charge in [0.2, 0.25) is 0 Å². The standard InChI is InChI=1S/C18H30O3S.Li.H/c1-2-3-4-5-6-7-8-9-10-11-14-17-15-12-13-16-18(17)22(19,20)21;;/h12-13,15-16H,2-11,14H2,1H3,(H,19,20,21);;/q;+1;-1. The van der Waals surface area contributed by atoms with Crippen molar-refractivity contribution in [3.8, 4) is 0 Å². The van der Waals surface area contributed by atoms with Gasteiger partial charge in [-0.15, -0.1) is 0 Å². The molecule has 0 bridgehead atoms. The van der Waals surface area contributed by atoms with Gasteiger partial charge in [-0.05, 0) is 24.5 Å². The molecule has 0 saturated carbocycles. The molecular formula is C18H31LiO3S. The van der Waals surface area contributed by atoms with Gasteiger partial charge >= 0.3 is 18.9 Å². The number of hydrogen-bond acceptors (Lipinski definition) is 2. The summed E-state index contributed by atoms with van der Waals surface area (Å²) in [6.45, 7) is 2.24. The Morgan fingerprint density at radius 3 is 1.87 bits per heavy atom. The van der Waals surface area contributed by atoms with Crippen LogP contribution in [0.3, 0.4) is 0 Å². The van der Waals surface area contributed by atoms with Crippen molar-refractivity contribution in [1.29, 1.82) is 0 Å². The number of aryl methyl sites for hydroxylation is 1. The summed E-state index contributed by atoms with van der Waals surface area (Å²) in [5.74, 6) is 0. The van der Waals surface area contributed by atoms with Crippen LogP contribution in [0.25, 0.3) is 0 Å². The fourth-order valence-electron chi connectivity index (χ4n) is 2.76. The fraction of sp³-hybridized carbons (Fsp3) is 0.667. The van der Waals surface area contributed by atoms with Crippen LogP contribution in [0.4, 0.5) is 0 Å². The molecule has 23 heavy (non-hydrogen) atoms. The largest absolute Gasteiger partial charge is 1.00 e. The van der Waals surface area contributed by atoms with E-state index in [2.05, 4.69) is 6.92 Å². The van der Waals surface area contributed by atoms with E-state index in [4.69, 9.17) is 0 Å². The molecule has 0 unspecified atom stereocenters. The van der Waals surface area contributed by atoms with E-state index in [-0.39, 0.29) is 25.2 Å². The maximum absolute atomic E-state index is 11.3. The molecule has 0 fully saturated rings. The minimum atomic E-state index is -4.10. The molecule has 1 aromatic rings. The monoisotopic (exact) mass is 334 g/mol. The molecule has 128 valence electrons. The molecule has 0 saturated heterocycles. The van der Waals surface area contributed by atoms with Crippen LogP contribution in [0.2, 0.25) is 0 Å². The molecular weight excluding hydrogens is 303 g/mol. The third-order valence-corrected chi connectivity index (χ3v) is 5.00. The predicted octanol–water partition coefficient (Wildman–Crippen LogP) is 2.51. The van der Waals surface area contributed by atoms with Crippen LogP contribution < -0.4 is 18.9 Å². The van der Waals surface area contributed by atoms with E-state index in [1.807, 2.05) is 6.07 Å². The second-order valence-corrected chi connectivity index (χ2v) is 7.40. The van der Waals surface area contributed by atoms with Crippen molar-refractivity contribution in [2.24, 2.45) is 0 Å². The molecule has 3 nitrogen and oxygen atoms in total. The number of unbranched alkanes of at least 4 members (excludes halogenated alkanes) is 9. The van der Waals surface area contributed by atoms with Gasteiger partial charge in [0.1, 0.15) is 0 Å². The Kier molecular flexibility index (Phi) is 12.9. The SMILES string of the molecule is CCCCCCCCCCCCc1ccccc1S(=O)(=O)O.[H-].[Li+]. The Balaban J connectivity index is 0. The Bertz CT molecular complexity index is 521. The first-order chi connectivity index (χ1) is 10.6. The van der Waals surface area contributed by atoms with Crippen molar-refractivity contribution < 1.29 is 33.3 Å². The molecule has 0 spiro atoms. The smallest absolute Gasteiger partial charge is 1.00 e. The van der Waals surface area contributed by atoms with Crippen molar-refractivity contribution in [2.45, 2.75) is 82.4 Å². The topological polar surface area (TPSA) is 54.4 Å². The molecule has 0 aliphatic carbocycles. The molecule has 1 aromatic carbocycles. The summed E-state index contributed by atoms with van der Waals surface area (Å²) in [7, 11) is -4.10. The Labute approximate surface area is 155 Å². The molecule has 0 amide bonds. The first kappa shape index (κ1) is 22.7. The zero-order valence-electron chi connectivity index (χ0n) is 15.8. The van der Waals surface area contributed by atoms with Crippen molar-refractivity contribution >= 4 is 10.1 Å². The van der Waals surface area contributed by atoms with Gasteiger partial charge in [-0.1, -0.05) is 82.9 Å². The average Bonchev–Trinajstić information content (AvgIpc) is 2.48. The molecule has 1 N–H and O–H groups in total. The number of rotatable bonds is 12. The summed E-state index contributed by atoms with van der Waals surface area (Å²) < 4.78 is 31.8. The first-order valence-electron chi connectivity index (χ1n) is 8.61. The van der Waals surface area contributed by atoms with Crippen molar-refractivity contribution in [2.75, 3.05) is 0 Å². The second kappa shape index (κ2) is 13.1. The Hall–Kier alpha value is -0.273. The van der Waals surface area contributed by atoms with E-state index in [9.17, 15) is 13.0 Å². The summed E-state index contributed by atoms with van der Waals surface area (Å²) in [6.07, 6.45) is 13.3. The van der Waals surface area contributed by atoms with Gasteiger partial charge in [0.05, 0.1) is 4.90 Å². The zero-order valence-corrected chi connectivity index (χ0v) is 15.6. The van der Waals surface area contributed by atoms with Crippen molar-refractivity contribution in [3.63, 3.8) is 0 Å². The van der Waals surface area contributed by atoms with Gasteiger partial charge in [-0.2, -0.15) is 8.42 Å². The van der Waals surface area contributed by atoms with Crippen LogP contribution in [0.1, 0.15) is 78.1 Å². The van der Waals surface area contributed by atoms with E-state index in [1.165, 1.54) is 57.4 Å². The van der Waals surface area contributed by atoms with Crippen LogP contribution in [0.15, 0.2) is 29.2 Å². The molecule has 5 heteroatoms. The second-order valence-electron chi connectivity index (χ2n) is 6.01. The zero-order chi connectivity index (χ0) is 16.3. The minimum Gasteiger partial charge on any atom is -1.00 e. The summed E-state index contributed by atoms with van der Waals surface area (Å²) in [5.41, 5.74) is 0.726. The predicted molar refractivity (Wildman–Crippen MR) is 92.9 cm³/mol. The van der Waals surface area contributed by atoms with Gasteiger partial charge in [-0.25, -0.2) is 0 Å². The van der Waals surface area contributed by atoms with Crippen LogP contribution in [0.5, 0.6) is 0 Å². The third kappa shape index (κ3) is 10.2. The summed E-state index contributed by atoms with van der Waals surface area (Å²) in [5, 5.41) is 0. The van der Waals surface area contributed by atoms with E-state index < -0.39 is 10.1 Å². The van der Waals surface area contributed by atoms with Crippen LogP contribution in [-0.2, 0) is 16.5 Å². The van der Waals surface area contributed by atoms with E-state index >= 15 is 0 Å².